The van der Waals surface area contributed by atoms with Crippen molar-refractivity contribution in [3.63, 3.8) is 0 Å². The summed E-state index contributed by atoms with van der Waals surface area (Å²) in [6, 6.07) is -0.542. The summed E-state index contributed by atoms with van der Waals surface area (Å²) >= 11 is 0. The van der Waals surface area contributed by atoms with Crippen molar-refractivity contribution in [2.75, 3.05) is 6.61 Å². The lowest BCUT2D eigenvalue weighted by atomic mass is 10.1. The number of aromatic amines is 1. The van der Waals surface area contributed by atoms with Gasteiger partial charge in [0.1, 0.15) is 6.23 Å². The van der Waals surface area contributed by atoms with Gasteiger partial charge in [-0.1, -0.05) is 5.11 Å². The molecule has 0 radical (unpaired) electrons. The Bertz CT molecular complexity index is 630. The average Bonchev–Trinajstić information content (AvgIpc) is 2.77. The molecule has 0 saturated carbocycles. The van der Waals surface area contributed by atoms with Gasteiger partial charge in [0.2, 0.25) is 0 Å². The molecular weight excluding hydrogens is 255 g/mol. The van der Waals surface area contributed by atoms with Crippen molar-refractivity contribution in [3.8, 4) is 0 Å². The van der Waals surface area contributed by atoms with Gasteiger partial charge in [0.05, 0.1) is 18.8 Å². The van der Waals surface area contributed by atoms with Gasteiger partial charge < -0.3 is 9.84 Å². The topological polar surface area (TPSA) is 133 Å². The molecule has 0 aromatic carbocycles. The van der Waals surface area contributed by atoms with E-state index in [1.165, 1.54) is 10.8 Å². The Balaban J connectivity index is 2.34. The van der Waals surface area contributed by atoms with Crippen LogP contribution in [0.1, 0.15) is 18.2 Å². The summed E-state index contributed by atoms with van der Waals surface area (Å²) in [6.07, 6.45) is 0.329. The van der Waals surface area contributed by atoms with Crippen LogP contribution in [-0.4, -0.2) is 33.4 Å². The highest BCUT2D eigenvalue weighted by atomic mass is 16.5. The molecule has 1 fully saturated rings. The third kappa shape index (κ3) is 2.53. The van der Waals surface area contributed by atoms with Gasteiger partial charge in [-0.2, -0.15) is 0 Å². The van der Waals surface area contributed by atoms with Crippen molar-refractivity contribution in [2.45, 2.75) is 31.7 Å². The van der Waals surface area contributed by atoms with Crippen molar-refractivity contribution >= 4 is 0 Å². The molecule has 0 amide bonds. The fourth-order valence-corrected chi connectivity index (χ4v) is 2.04. The Morgan fingerprint density at radius 1 is 1.68 bits per heavy atom. The summed E-state index contributed by atoms with van der Waals surface area (Å²) in [5.41, 5.74) is 7.76. The maximum absolute atomic E-state index is 11.7. The predicted molar refractivity (Wildman–Crippen MR) is 64.6 cm³/mol. The molecule has 1 aliphatic heterocycles. The van der Waals surface area contributed by atoms with Crippen molar-refractivity contribution in [2.24, 2.45) is 5.11 Å². The second-order valence-electron chi connectivity index (χ2n) is 4.30. The number of nitrogens with zero attached hydrogens (tertiary/aromatic N) is 4. The first-order chi connectivity index (χ1) is 9.06. The fraction of sp³-hybridized carbons (Fsp3) is 0.600. The number of hydrogen-bond donors (Lipinski definition) is 2. The number of azide groups is 1. The number of ether oxygens (including phenoxy) is 1. The maximum Gasteiger partial charge on any atom is 0.330 e. The number of aliphatic hydroxyl groups excluding tert-OH is 1. The van der Waals surface area contributed by atoms with Gasteiger partial charge in [-0.25, -0.2) is 4.79 Å². The minimum absolute atomic E-state index is 0.265. The van der Waals surface area contributed by atoms with Crippen LogP contribution in [0.15, 0.2) is 20.9 Å². The Labute approximate surface area is 107 Å². The summed E-state index contributed by atoms with van der Waals surface area (Å²) < 4.78 is 6.69. The number of H-pyrrole nitrogens is 1. The first kappa shape index (κ1) is 13.3. The molecule has 0 spiro atoms. The van der Waals surface area contributed by atoms with E-state index < -0.39 is 29.6 Å². The largest absolute Gasteiger partial charge is 0.394 e. The van der Waals surface area contributed by atoms with Gasteiger partial charge in [0.25, 0.3) is 5.56 Å². The number of aryl methyl sites for hydroxylation is 1. The molecule has 2 rings (SSSR count). The van der Waals surface area contributed by atoms with Crippen molar-refractivity contribution in [1.82, 2.24) is 9.55 Å². The van der Waals surface area contributed by atoms with Crippen molar-refractivity contribution in [3.05, 3.63) is 43.0 Å². The van der Waals surface area contributed by atoms with Gasteiger partial charge in [-0.05, 0) is 12.5 Å². The second kappa shape index (κ2) is 5.27. The van der Waals surface area contributed by atoms with Gasteiger partial charge in [0, 0.05) is 23.1 Å². The van der Waals surface area contributed by atoms with Crippen LogP contribution in [0, 0.1) is 6.92 Å². The predicted octanol–water partition coefficient (Wildman–Crippen LogP) is -0.196. The normalized spacial score (nSPS) is 26.1. The van der Waals surface area contributed by atoms with Crippen molar-refractivity contribution in [1.29, 1.82) is 0 Å². The fourth-order valence-electron chi connectivity index (χ4n) is 2.04. The summed E-state index contributed by atoms with van der Waals surface area (Å²) in [4.78, 5) is 27.8. The summed E-state index contributed by atoms with van der Waals surface area (Å²) in [6.45, 7) is 1.26. The van der Waals surface area contributed by atoms with E-state index in [0.29, 0.717) is 5.56 Å². The molecule has 2 N–H and O–H groups in total. The minimum Gasteiger partial charge on any atom is -0.394 e. The Morgan fingerprint density at radius 2 is 2.42 bits per heavy atom. The Kier molecular flexibility index (Phi) is 3.70. The zero-order valence-electron chi connectivity index (χ0n) is 10.2. The smallest absolute Gasteiger partial charge is 0.330 e. The Hall–Kier alpha value is -2.09. The average molecular weight is 268 g/mol. The number of aliphatic hydroxyl groups is 1. The van der Waals surface area contributed by atoms with E-state index in [9.17, 15) is 9.59 Å². The lowest BCUT2D eigenvalue weighted by Gasteiger charge is -2.14. The maximum atomic E-state index is 11.7. The highest BCUT2D eigenvalue weighted by Crippen LogP contribution is 2.29. The molecule has 0 aliphatic carbocycles. The van der Waals surface area contributed by atoms with Gasteiger partial charge in [-0.3, -0.25) is 14.3 Å². The summed E-state index contributed by atoms with van der Waals surface area (Å²) in [7, 11) is 0. The van der Waals surface area contributed by atoms with E-state index in [4.69, 9.17) is 15.4 Å². The van der Waals surface area contributed by atoms with E-state index in [2.05, 4.69) is 15.0 Å². The molecule has 2 heterocycles. The van der Waals surface area contributed by atoms with Crippen LogP contribution < -0.4 is 11.2 Å². The van der Waals surface area contributed by atoms with E-state index in [1.54, 1.807) is 6.92 Å². The quantitative estimate of drug-likeness (QED) is 0.446. The number of rotatable bonds is 3. The van der Waals surface area contributed by atoms with Crippen LogP contribution in [0.2, 0.25) is 0 Å². The van der Waals surface area contributed by atoms with Crippen LogP contribution in [0.3, 0.4) is 0 Å². The Morgan fingerprint density at radius 3 is 3.05 bits per heavy atom. The molecule has 0 bridgehead atoms. The number of nitrogens with one attached hydrogen (secondary N) is 1. The van der Waals surface area contributed by atoms with Crippen LogP contribution in [0.25, 0.3) is 10.4 Å². The molecule has 1 aromatic rings. The van der Waals surface area contributed by atoms with Crippen LogP contribution >= 0.6 is 0 Å². The zero-order valence-corrected chi connectivity index (χ0v) is 10.2. The van der Waals surface area contributed by atoms with Crippen molar-refractivity contribution < 1.29 is 9.84 Å². The molecule has 19 heavy (non-hydrogen) atoms. The van der Waals surface area contributed by atoms with Gasteiger partial charge in [-0.15, -0.1) is 0 Å². The van der Waals surface area contributed by atoms with E-state index in [1.807, 2.05) is 0 Å². The molecule has 1 aliphatic rings. The highest BCUT2D eigenvalue weighted by Gasteiger charge is 2.35. The van der Waals surface area contributed by atoms with E-state index >= 15 is 0 Å². The SMILES string of the molecule is Cc1cn([C@H]2C[C@H](N=[N+]=[N-])[C@@H](CO)O2)c(=O)[15nH]c1=O. The van der Waals surface area contributed by atoms with E-state index in [0.717, 1.165) is 0 Å². The molecule has 9 nitrogen and oxygen atoms in total. The zero-order chi connectivity index (χ0) is 14.0. The van der Waals surface area contributed by atoms with Crippen LogP contribution in [0.5, 0.6) is 0 Å². The minimum atomic E-state index is -0.671. The highest BCUT2D eigenvalue weighted by molar-refractivity contribution is 5.02. The number of hydrogen-bond acceptors (Lipinski definition) is 5. The third-order valence-corrected chi connectivity index (χ3v) is 3.04. The van der Waals surface area contributed by atoms with Gasteiger partial charge in [0.15, 0.2) is 0 Å². The van der Waals surface area contributed by atoms with E-state index in [-0.39, 0.29) is 13.0 Å². The first-order valence-electron chi connectivity index (χ1n) is 5.69. The summed E-state index contributed by atoms with van der Waals surface area (Å²) in [5, 5.41) is 12.7. The lowest BCUT2D eigenvalue weighted by Crippen LogP contribution is -2.33. The monoisotopic (exact) mass is 268 g/mol. The van der Waals surface area contributed by atoms with Gasteiger partial charge >= 0.3 is 5.69 Å². The standard InChI is InChI=1S/C10H13N5O4/c1-5-3-15(10(18)12-9(5)17)8-2-6(13-14-11)7(4-16)19-8/h3,6-8,16H,2,4H2,1H3,(H,12,17,18)/t6-,7+,8+/m0/s1/i12+1. The third-order valence-electron chi connectivity index (χ3n) is 3.04. The first-order valence-corrected chi connectivity index (χ1v) is 5.69. The second-order valence-corrected chi connectivity index (χ2v) is 4.30. The van der Waals surface area contributed by atoms with Crippen LogP contribution in [0.4, 0.5) is 0 Å². The molecule has 1 saturated heterocycles. The molecular formula is C10H13N5O4. The molecule has 3 atom stereocenters. The summed E-state index contributed by atoms with van der Waals surface area (Å²) in [5.74, 6) is 0. The molecule has 9 heteroatoms. The molecule has 1 aromatic heterocycles. The molecule has 102 valence electrons. The number of aromatic nitrogens is 2. The molecule has 0 unspecified atom stereocenters. The van der Waals surface area contributed by atoms with Crippen LogP contribution in [-0.2, 0) is 4.74 Å². The lowest BCUT2D eigenvalue weighted by molar-refractivity contribution is -0.0271.